The standard InChI is InChI=1S/C10H11NO4/c1-3-9(12)7-4-5-10(15-2)8(6-7)11(13)14/h4-6H,3H2,1-2H3. The number of benzene rings is 1. The van der Waals surface area contributed by atoms with E-state index >= 15 is 0 Å². The molecule has 0 aromatic heterocycles. The summed E-state index contributed by atoms with van der Waals surface area (Å²) < 4.78 is 4.82. The molecule has 0 saturated carbocycles. The van der Waals surface area contributed by atoms with Crippen LogP contribution in [-0.2, 0) is 0 Å². The molecule has 0 aliphatic carbocycles. The third kappa shape index (κ3) is 2.31. The van der Waals surface area contributed by atoms with Gasteiger partial charge in [0.15, 0.2) is 11.5 Å². The molecule has 15 heavy (non-hydrogen) atoms. The number of ether oxygens (including phenoxy) is 1. The Hall–Kier alpha value is -1.91. The number of carbonyl (C=O) groups is 1. The highest BCUT2D eigenvalue weighted by Crippen LogP contribution is 2.27. The smallest absolute Gasteiger partial charge is 0.311 e. The molecule has 0 saturated heterocycles. The molecule has 5 nitrogen and oxygen atoms in total. The first kappa shape index (κ1) is 11.2. The molecule has 0 unspecified atom stereocenters. The highest BCUT2D eigenvalue weighted by Gasteiger charge is 2.17. The van der Waals surface area contributed by atoms with Crippen LogP contribution in [0, 0.1) is 10.1 Å². The molecule has 0 fully saturated rings. The van der Waals surface area contributed by atoms with E-state index in [2.05, 4.69) is 0 Å². The van der Waals surface area contributed by atoms with Crippen LogP contribution in [-0.4, -0.2) is 17.8 Å². The van der Waals surface area contributed by atoms with Gasteiger partial charge in [0.25, 0.3) is 0 Å². The minimum Gasteiger partial charge on any atom is -0.490 e. The molecule has 80 valence electrons. The van der Waals surface area contributed by atoms with Crippen LogP contribution in [0.25, 0.3) is 0 Å². The Morgan fingerprint density at radius 2 is 2.20 bits per heavy atom. The Morgan fingerprint density at radius 3 is 2.67 bits per heavy atom. The predicted molar refractivity (Wildman–Crippen MR) is 54.3 cm³/mol. The lowest BCUT2D eigenvalue weighted by Gasteiger charge is -2.03. The number of methoxy groups -OCH3 is 1. The van der Waals surface area contributed by atoms with Crippen LogP contribution >= 0.6 is 0 Å². The molecule has 0 N–H and O–H groups in total. The molecule has 0 aliphatic rings. The Bertz CT molecular complexity index is 400. The van der Waals surface area contributed by atoms with Crippen LogP contribution in [0.1, 0.15) is 23.7 Å². The third-order valence-electron chi connectivity index (χ3n) is 2.02. The van der Waals surface area contributed by atoms with Gasteiger partial charge in [0, 0.05) is 18.1 Å². The molecule has 5 heteroatoms. The maximum absolute atomic E-state index is 11.3. The normalized spacial score (nSPS) is 9.73. The van der Waals surface area contributed by atoms with E-state index in [-0.39, 0.29) is 17.2 Å². The lowest BCUT2D eigenvalue weighted by Crippen LogP contribution is -2.00. The van der Waals surface area contributed by atoms with Gasteiger partial charge in [-0.05, 0) is 12.1 Å². The minimum atomic E-state index is -0.564. The highest BCUT2D eigenvalue weighted by atomic mass is 16.6. The van der Waals surface area contributed by atoms with Crippen LogP contribution in [0.5, 0.6) is 5.75 Å². The van der Waals surface area contributed by atoms with Crippen molar-refractivity contribution < 1.29 is 14.5 Å². The van der Waals surface area contributed by atoms with Crippen molar-refractivity contribution in [2.45, 2.75) is 13.3 Å². The molecule has 1 rings (SSSR count). The molecule has 0 bridgehead atoms. The van der Waals surface area contributed by atoms with Crippen LogP contribution in [0.15, 0.2) is 18.2 Å². The minimum absolute atomic E-state index is 0.124. The van der Waals surface area contributed by atoms with Crippen molar-refractivity contribution in [2.24, 2.45) is 0 Å². The van der Waals surface area contributed by atoms with E-state index in [1.807, 2.05) is 0 Å². The molecule has 1 aromatic rings. The third-order valence-corrected chi connectivity index (χ3v) is 2.02. The number of rotatable bonds is 4. The summed E-state index contributed by atoms with van der Waals surface area (Å²) in [5.41, 5.74) is 0.154. The molecule has 0 heterocycles. The van der Waals surface area contributed by atoms with Crippen LogP contribution in [0.2, 0.25) is 0 Å². The summed E-state index contributed by atoms with van der Waals surface area (Å²) in [4.78, 5) is 21.4. The van der Waals surface area contributed by atoms with Gasteiger partial charge in [-0.2, -0.15) is 0 Å². The van der Waals surface area contributed by atoms with Gasteiger partial charge in [-0.25, -0.2) is 0 Å². The summed E-state index contributed by atoms with van der Waals surface area (Å²) in [7, 11) is 1.35. The fourth-order valence-corrected chi connectivity index (χ4v) is 1.21. The number of carbonyl (C=O) groups excluding carboxylic acids is 1. The van der Waals surface area contributed by atoms with Crippen molar-refractivity contribution in [3.63, 3.8) is 0 Å². The first-order valence-corrected chi connectivity index (χ1v) is 4.45. The van der Waals surface area contributed by atoms with Gasteiger partial charge in [-0.3, -0.25) is 14.9 Å². The maximum atomic E-state index is 11.3. The number of nitro benzene ring substituents is 1. The monoisotopic (exact) mass is 209 g/mol. The highest BCUT2D eigenvalue weighted by molar-refractivity contribution is 5.96. The van der Waals surface area contributed by atoms with E-state index in [9.17, 15) is 14.9 Å². The van der Waals surface area contributed by atoms with E-state index in [1.54, 1.807) is 6.92 Å². The van der Waals surface area contributed by atoms with E-state index in [1.165, 1.54) is 25.3 Å². The molecule has 0 spiro atoms. The van der Waals surface area contributed by atoms with Crippen LogP contribution in [0.4, 0.5) is 5.69 Å². The van der Waals surface area contributed by atoms with Gasteiger partial charge < -0.3 is 4.74 Å². The van der Waals surface area contributed by atoms with Crippen molar-refractivity contribution in [1.29, 1.82) is 0 Å². The SMILES string of the molecule is CCC(=O)c1ccc(OC)c([N+](=O)[O-])c1. The summed E-state index contributed by atoms with van der Waals surface area (Å²) in [6.45, 7) is 1.71. The van der Waals surface area contributed by atoms with Crippen LogP contribution in [0.3, 0.4) is 0 Å². The summed E-state index contributed by atoms with van der Waals surface area (Å²) >= 11 is 0. The quantitative estimate of drug-likeness (QED) is 0.433. The summed E-state index contributed by atoms with van der Waals surface area (Å²) in [6, 6.07) is 4.20. The van der Waals surface area contributed by atoms with Gasteiger partial charge in [0.1, 0.15) is 0 Å². The zero-order chi connectivity index (χ0) is 11.4. The summed E-state index contributed by atoms with van der Waals surface area (Å²) in [6.07, 6.45) is 0.323. The zero-order valence-electron chi connectivity index (χ0n) is 8.52. The molecule has 0 amide bonds. The second kappa shape index (κ2) is 4.54. The lowest BCUT2D eigenvalue weighted by atomic mass is 10.1. The van der Waals surface area contributed by atoms with Crippen molar-refractivity contribution in [3.8, 4) is 5.75 Å². The second-order valence-electron chi connectivity index (χ2n) is 2.92. The molecular weight excluding hydrogens is 198 g/mol. The largest absolute Gasteiger partial charge is 0.490 e. The fraction of sp³-hybridized carbons (Fsp3) is 0.300. The lowest BCUT2D eigenvalue weighted by molar-refractivity contribution is -0.385. The summed E-state index contributed by atoms with van der Waals surface area (Å²) in [5, 5.41) is 10.7. The van der Waals surface area contributed by atoms with E-state index in [0.717, 1.165) is 0 Å². The Labute approximate surface area is 86.8 Å². The molecule has 0 atom stereocenters. The van der Waals surface area contributed by atoms with Gasteiger partial charge in [-0.1, -0.05) is 6.92 Å². The van der Waals surface area contributed by atoms with E-state index in [0.29, 0.717) is 12.0 Å². The number of Topliss-reactive ketones (excluding diaryl/α,β-unsaturated/α-hetero) is 1. The number of hydrogen-bond acceptors (Lipinski definition) is 4. The van der Waals surface area contributed by atoms with Crippen LogP contribution < -0.4 is 4.74 Å². The first-order chi connectivity index (χ1) is 7.10. The molecule has 1 aromatic carbocycles. The predicted octanol–water partition coefficient (Wildman–Crippen LogP) is 2.20. The zero-order valence-corrected chi connectivity index (χ0v) is 8.52. The topological polar surface area (TPSA) is 69.4 Å². The van der Waals surface area contributed by atoms with Gasteiger partial charge in [0.2, 0.25) is 0 Å². The number of hydrogen-bond donors (Lipinski definition) is 0. The fourth-order valence-electron chi connectivity index (χ4n) is 1.21. The number of ketones is 1. The second-order valence-corrected chi connectivity index (χ2v) is 2.92. The molecular formula is C10H11NO4. The molecule has 0 radical (unpaired) electrons. The number of nitrogens with zero attached hydrogens (tertiary/aromatic N) is 1. The Morgan fingerprint density at radius 1 is 1.53 bits per heavy atom. The Balaban J connectivity index is 3.22. The Kier molecular flexibility index (Phi) is 3.38. The van der Waals surface area contributed by atoms with Crippen molar-refractivity contribution >= 4 is 11.5 Å². The van der Waals surface area contributed by atoms with Gasteiger partial charge >= 0.3 is 5.69 Å². The van der Waals surface area contributed by atoms with E-state index < -0.39 is 4.92 Å². The average molecular weight is 209 g/mol. The average Bonchev–Trinajstić information content (AvgIpc) is 2.27. The van der Waals surface area contributed by atoms with Crippen molar-refractivity contribution in [1.82, 2.24) is 0 Å². The molecule has 0 aliphatic heterocycles. The van der Waals surface area contributed by atoms with Crippen molar-refractivity contribution in [3.05, 3.63) is 33.9 Å². The number of nitro groups is 1. The van der Waals surface area contributed by atoms with E-state index in [4.69, 9.17) is 4.74 Å². The summed E-state index contributed by atoms with van der Waals surface area (Å²) in [5.74, 6) is 0.0356. The van der Waals surface area contributed by atoms with Crippen molar-refractivity contribution in [2.75, 3.05) is 7.11 Å². The maximum Gasteiger partial charge on any atom is 0.311 e. The first-order valence-electron chi connectivity index (χ1n) is 4.45. The van der Waals surface area contributed by atoms with Gasteiger partial charge in [-0.15, -0.1) is 0 Å². The van der Waals surface area contributed by atoms with Gasteiger partial charge in [0.05, 0.1) is 12.0 Å².